The molecule has 3 rings (SSSR count). The number of nitriles is 1. The Morgan fingerprint density at radius 1 is 1.46 bits per heavy atom. The van der Waals surface area contributed by atoms with Crippen LogP contribution in [0.4, 0.5) is 18.9 Å². The Labute approximate surface area is 154 Å². The van der Waals surface area contributed by atoms with Crippen LogP contribution in [0.15, 0.2) is 23.2 Å². The van der Waals surface area contributed by atoms with Crippen LogP contribution in [0.5, 0.6) is 0 Å². The van der Waals surface area contributed by atoms with Gasteiger partial charge in [0, 0.05) is 22.8 Å². The van der Waals surface area contributed by atoms with Gasteiger partial charge in [0.2, 0.25) is 17.8 Å². The van der Waals surface area contributed by atoms with E-state index in [0.717, 1.165) is 12.8 Å². The van der Waals surface area contributed by atoms with Crippen molar-refractivity contribution in [2.75, 3.05) is 25.0 Å². The highest BCUT2D eigenvalue weighted by molar-refractivity contribution is 6.30. The molecule has 1 aromatic rings. The number of nitrogens with zero attached hydrogens (tertiary/aromatic N) is 3. The standard InChI is InChI=1S/C17H18ClF3N4O/c1-2-25-9-16(17(19,20)21,26-8-11-3-4-11)13-7-12(18)5-6-14(13)24-15(25)23-10-22/h5-7,11H,2-4,8-9H2,1H3,(H,23,24)/t16-/m0/s1. The van der Waals surface area contributed by atoms with Crippen LogP contribution in [-0.4, -0.2) is 36.7 Å². The van der Waals surface area contributed by atoms with Crippen LogP contribution in [0, 0.1) is 17.4 Å². The summed E-state index contributed by atoms with van der Waals surface area (Å²) < 4.78 is 48.6. The molecule has 140 valence electrons. The van der Waals surface area contributed by atoms with E-state index >= 15 is 0 Å². The number of guanidine groups is 1. The molecule has 1 aromatic carbocycles. The first-order valence-corrected chi connectivity index (χ1v) is 8.68. The Morgan fingerprint density at radius 2 is 2.19 bits per heavy atom. The van der Waals surface area contributed by atoms with Crippen molar-refractivity contribution in [1.29, 1.82) is 5.26 Å². The van der Waals surface area contributed by atoms with Gasteiger partial charge in [-0.25, -0.2) is 0 Å². The van der Waals surface area contributed by atoms with Gasteiger partial charge in [-0.15, -0.1) is 4.99 Å². The predicted octanol–water partition coefficient (Wildman–Crippen LogP) is 4.11. The minimum Gasteiger partial charge on any atom is -0.359 e. The van der Waals surface area contributed by atoms with Crippen molar-refractivity contribution in [3.05, 3.63) is 28.8 Å². The first-order valence-electron chi connectivity index (χ1n) is 8.30. The number of likely N-dealkylation sites (N-methyl/N-ethyl adjacent to an activating group) is 1. The number of rotatable bonds is 4. The topological polar surface area (TPSA) is 60.6 Å². The number of nitrogens with one attached hydrogen (secondary N) is 1. The summed E-state index contributed by atoms with van der Waals surface area (Å²) in [5, 5.41) is 11.9. The molecule has 1 saturated carbocycles. The average Bonchev–Trinajstić information content (AvgIpc) is 3.40. The van der Waals surface area contributed by atoms with Gasteiger partial charge in [-0.3, -0.25) is 0 Å². The number of halogens is 4. The highest BCUT2D eigenvalue weighted by Crippen LogP contribution is 2.48. The molecule has 5 nitrogen and oxygen atoms in total. The van der Waals surface area contributed by atoms with Crippen LogP contribution in [0.1, 0.15) is 25.3 Å². The Balaban J connectivity index is 2.17. The lowest BCUT2D eigenvalue weighted by molar-refractivity contribution is -0.288. The number of hydrogen-bond acceptors (Lipinski definition) is 3. The van der Waals surface area contributed by atoms with Crippen molar-refractivity contribution in [2.45, 2.75) is 31.5 Å². The van der Waals surface area contributed by atoms with E-state index in [2.05, 4.69) is 10.3 Å². The molecule has 9 heteroatoms. The maximum absolute atomic E-state index is 14.4. The van der Waals surface area contributed by atoms with Crippen molar-refractivity contribution in [2.24, 2.45) is 10.9 Å². The van der Waals surface area contributed by atoms with E-state index in [9.17, 15) is 13.2 Å². The first kappa shape index (κ1) is 18.8. The number of hydrogen-bond donors (Lipinski definition) is 1. The molecule has 0 spiro atoms. The van der Waals surface area contributed by atoms with Crippen molar-refractivity contribution in [3.63, 3.8) is 0 Å². The normalized spacial score (nSPS) is 24.6. The van der Waals surface area contributed by atoms with Gasteiger partial charge in [-0.2, -0.15) is 18.4 Å². The number of aliphatic imine (C=N–C) groups is 1. The fourth-order valence-electron chi connectivity index (χ4n) is 2.99. The van der Waals surface area contributed by atoms with E-state index in [1.165, 1.54) is 23.1 Å². The Bertz CT molecular complexity index is 757. The summed E-state index contributed by atoms with van der Waals surface area (Å²) in [4.78, 5) is 5.01. The second kappa shape index (κ2) is 6.97. The maximum Gasteiger partial charge on any atom is 0.423 e. The Kier molecular flexibility index (Phi) is 5.04. The van der Waals surface area contributed by atoms with Gasteiger partial charge in [-0.1, -0.05) is 11.6 Å². The molecular formula is C17H18ClF3N4O. The van der Waals surface area contributed by atoms with Crippen LogP contribution >= 0.6 is 11.6 Å². The number of alkyl halides is 3. The zero-order valence-corrected chi connectivity index (χ0v) is 14.9. The second-order valence-corrected chi connectivity index (χ2v) is 6.88. The third-order valence-corrected chi connectivity index (χ3v) is 4.87. The van der Waals surface area contributed by atoms with Gasteiger partial charge in [0.15, 0.2) is 0 Å². The summed E-state index contributed by atoms with van der Waals surface area (Å²) in [6.07, 6.45) is -1.31. The monoisotopic (exact) mass is 386 g/mol. The number of benzene rings is 1. The molecule has 0 saturated heterocycles. The third kappa shape index (κ3) is 3.46. The molecule has 1 aliphatic heterocycles. The molecule has 0 bridgehead atoms. The van der Waals surface area contributed by atoms with Crippen molar-refractivity contribution in [3.8, 4) is 6.19 Å². The van der Waals surface area contributed by atoms with Crippen molar-refractivity contribution < 1.29 is 17.9 Å². The van der Waals surface area contributed by atoms with Crippen LogP contribution in [0.25, 0.3) is 0 Å². The van der Waals surface area contributed by atoms with Crippen LogP contribution in [-0.2, 0) is 10.3 Å². The summed E-state index contributed by atoms with van der Waals surface area (Å²) in [6.45, 7) is 1.42. The summed E-state index contributed by atoms with van der Waals surface area (Å²) in [5.41, 5.74) is -2.49. The van der Waals surface area contributed by atoms with Crippen LogP contribution < -0.4 is 5.32 Å². The predicted molar refractivity (Wildman–Crippen MR) is 91.8 cm³/mol. The van der Waals surface area contributed by atoms with Crippen LogP contribution in [0.2, 0.25) is 5.02 Å². The quantitative estimate of drug-likeness (QED) is 0.791. The third-order valence-electron chi connectivity index (χ3n) is 4.63. The van der Waals surface area contributed by atoms with E-state index in [1.807, 2.05) is 0 Å². The molecule has 1 N–H and O–H groups in total. The lowest BCUT2D eigenvalue weighted by Crippen LogP contribution is -2.53. The fourth-order valence-corrected chi connectivity index (χ4v) is 3.16. The van der Waals surface area contributed by atoms with E-state index in [0.29, 0.717) is 0 Å². The van der Waals surface area contributed by atoms with Gasteiger partial charge in [0.25, 0.3) is 0 Å². The van der Waals surface area contributed by atoms with Crippen molar-refractivity contribution >= 4 is 23.2 Å². The highest BCUT2D eigenvalue weighted by Gasteiger charge is 2.60. The largest absolute Gasteiger partial charge is 0.423 e. The van der Waals surface area contributed by atoms with Gasteiger partial charge < -0.3 is 15.0 Å². The van der Waals surface area contributed by atoms with E-state index in [-0.39, 0.29) is 41.3 Å². The first-order chi connectivity index (χ1) is 12.3. The zero-order valence-electron chi connectivity index (χ0n) is 14.1. The van der Waals surface area contributed by atoms with E-state index < -0.39 is 18.3 Å². The van der Waals surface area contributed by atoms with E-state index in [1.54, 1.807) is 13.1 Å². The summed E-state index contributed by atoms with van der Waals surface area (Å²) in [7, 11) is 0. The summed E-state index contributed by atoms with van der Waals surface area (Å²) in [6, 6.07) is 4.21. The van der Waals surface area contributed by atoms with E-state index in [4.69, 9.17) is 21.6 Å². The molecule has 0 aromatic heterocycles. The maximum atomic E-state index is 14.4. The van der Waals surface area contributed by atoms with Gasteiger partial charge in [-0.05, 0) is 43.9 Å². The molecule has 1 aliphatic carbocycles. The average molecular weight is 387 g/mol. The second-order valence-electron chi connectivity index (χ2n) is 6.44. The number of ether oxygens (including phenoxy) is 1. The SMILES string of the molecule is CCN1C[C@@](OCC2CC2)(C(F)(F)F)c2cc(Cl)ccc2N/C1=N\C#N. The van der Waals surface area contributed by atoms with Crippen LogP contribution in [0.3, 0.4) is 0 Å². The van der Waals surface area contributed by atoms with Gasteiger partial charge in [0.1, 0.15) is 0 Å². The summed E-state index contributed by atoms with van der Waals surface area (Å²) in [5.74, 6) is 0.204. The molecule has 26 heavy (non-hydrogen) atoms. The van der Waals surface area contributed by atoms with Crippen molar-refractivity contribution in [1.82, 2.24) is 4.90 Å². The lowest BCUT2D eigenvalue weighted by Gasteiger charge is -2.38. The smallest absolute Gasteiger partial charge is 0.359 e. The molecule has 1 fully saturated rings. The number of anilines is 1. The molecule has 0 unspecified atom stereocenters. The summed E-state index contributed by atoms with van der Waals surface area (Å²) >= 11 is 6.00. The molecule has 1 atom stereocenters. The van der Waals surface area contributed by atoms with Gasteiger partial charge in [0.05, 0.1) is 13.2 Å². The molecule has 2 aliphatic rings. The Morgan fingerprint density at radius 3 is 2.77 bits per heavy atom. The fraction of sp³-hybridized carbons (Fsp3) is 0.529. The minimum absolute atomic E-state index is 0.0216. The zero-order chi connectivity index (χ0) is 18.9. The molecule has 0 radical (unpaired) electrons. The lowest BCUT2D eigenvalue weighted by atomic mass is 9.90. The minimum atomic E-state index is -4.68. The molecule has 1 heterocycles. The molecular weight excluding hydrogens is 369 g/mol. The molecule has 0 amide bonds. The number of fused-ring (bicyclic) bond motifs is 1. The van der Waals surface area contributed by atoms with Gasteiger partial charge >= 0.3 is 6.18 Å². The Hall–Kier alpha value is -1.98. The highest BCUT2D eigenvalue weighted by atomic mass is 35.5.